The second kappa shape index (κ2) is 9.48. The smallest absolute Gasteiger partial charge is 0.261 e. The summed E-state index contributed by atoms with van der Waals surface area (Å²) < 4.78 is 19.6. The summed E-state index contributed by atoms with van der Waals surface area (Å²) in [5.74, 6) is -0.304. The molecule has 0 radical (unpaired) electrons. The fraction of sp³-hybridized carbons (Fsp3) is 0.222. The molecule has 0 aliphatic rings. The summed E-state index contributed by atoms with van der Waals surface area (Å²) >= 11 is 8.47. The Labute approximate surface area is 159 Å². The van der Waals surface area contributed by atoms with Crippen LogP contribution in [-0.2, 0) is 0 Å². The lowest BCUT2D eigenvalue weighted by Gasteiger charge is -2.13. The summed E-state index contributed by atoms with van der Waals surface area (Å²) in [5, 5.41) is 5.44. The van der Waals surface area contributed by atoms with Gasteiger partial charge in [0.25, 0.3) is 5.91 Å². The molecule has 1 amide bonds. The molecule has 0 aliphatic carbocycles. The van der Waals surface area contributed by atoms with Gasteiger partial charge in [0.15, 0.2) is 5.11 Å². The number of carbonyl (C=O) groups excluding carboxylic acids is 1. The van der Waals surface area contributed by atoms with Crippen LogP contribution in [0.3, 0.4) is 0 Å². The van der Waals surface area contributed by atoms with Crippen molar-refractivity contribution >= 4 is 44.9 Å². The Kier molecular flexibility index (Phi) is 7.33. The van der Waals surface area contributed by atoms with Crippen molar-refractivity contribution in [3.05, 3.63) is 58.3 Å². The molecule has 2 aromatic rings. The van der Waals surface area contributed by atoms with Gasteiger partial charge in [0.2, 0.25) is 0 Å². The minimum absolute atomic E-state index is 0.0788. The van der Waals surface area contributed by atoms with E-state index in [-0.39, 0.29) is 5.11 Å². The number of carbonyl (C=O) groups is 1. The van der Waals surface area contributed by atoms with Crippen LogP contribution in [0.4, 0.5) is 10.1 Å². The largest absolute Gasteiger partial charge is 0.493 e. The van der Waals surface area contributed by atoms with Crippen LogP contribution in [0, 0.1) is 5.82 Å². The van der Waals surface area contributed by atoms with Crippen LogP contribution in [0.15, 0.2) is 46.9 Å². The predicted octanol–water partition coefficient (Wildman–Crippen LogP) is 4.89. The normalized spacial score (nSPS) is 10.2. The van der Waals surface area contributed by atoms with Crippen LogP contribution in [0.5, 0.6) is 5.75 Å². The summed E-state index contributed by atoms with van der Waals surface area (Å²) in [6.07, 6.45) is 1.90. The standard InChI is InChI=1S/C18H18BrFN2O2S/c1-2-3-9-24-16-8-7-12(19)10-15(16)17(23)22-18(25)21-14-6-4-5-13(20)11-14/h4-8,10-11H,2-3,9H2,1H3,(H2,21,22,23,25). The molecule has 0 fully saturated rings. The van der Waals surface area contributed by atoms with E-state index in [0.717, 1.165) is 17.3 Å². The van der Waals surface area contributed by atoms with Crippen LogP contribution in [-0.4, -0.2) is 17.6 Å². The van der Waals surface area contributed by atoms with Crippen molar-refractivity contribution in [2.75, 3.05) is 11.9 Å². The van der Waals surface area contributed by atoms with Gasteiger partial charge < -0.3 is 10.1 Å². The zero-order valence-corrected chi connectivity index (χ0v) is 16.0. The van der Waals surface area contributed by atoms with Crippen LogP contribution >= 0.6 is 28.1 Å². The highest BCUT2D eigenvalue weighted by Crippen LogP contribution is 2.23. The Bertz CT molecular complexity index is 770. The van der Waals surface area contributed by atoms with Crippen molar-refractivity contribution in [3.63, 3.8) is 0 Å². The van der Waals surface area contributed by atoms with Crippen LogP contribution in [0.1, 0.15) is 30.1 Å². The number of rotatable bonds is 6. The third kappa shape index (κ3) is 6.10. The van der Waals surface area contributed by atoms with Crippen molar-refractivity contribution in [1.29, 1.82) is 0 Å². The van der Waals surface area contributed by atoms with E-state index < -0.39 is 11.7 Å². The van der Waals surface area contributed by atoms with Gasteiger partial charge >= 0.3 is 0 Å². The lowest BCUT2D eigenvalue weighted by Crippen LogP contribution is -2.34. The summed E-state index contributed by atoms with van der Waals surface area (Å²) in [7, 11) is 0. The minimum Gasteiger partial charge on any atom is -0.493 e. The number of halogens is 2. The Morgan fingerprint density at radius 1 is 1.28 bits per heavy atom. The number of nitrogens with one attached hydrogen (secondary N) is 2. The molecule has 7 heteroatoms. The van der Waals surface area contributed by atoms with Crippen LogP contribution in [0.25, 0.3) is 0 Å². The van der Waals surface area contributed by atoms with Gasteiger partial charge in [-0.2, -0.15) is 0 Å². The third-order valence-corrected chi connectivity index (χ3v) is 3.95. The maximum Gasteiger partial charge on any atom is 0.261 e. The third-order valence-electron chi connectivity index (χ3n) is 3.25. The van der Waals surface area contributed by atoms with E-state index in [0.29, 0.717) is 23.6 Å². The zero-order valence-electron chi connectivity index (χ0n) is 13.6. The van der Waals surface area contributed by atoms with Gasteiger partial charge in [-0.25, -0.2) is 4.39 Å². The minimum atomic E-state index is -0.401. The molecule has 2 rings (SSSR count). The van der Waals surface area contributed by atoms with Crippen LogP contribution in [0.2, 0.25) is 0 Å². The zero-order chi connectivity index (χ0) is 18.2. The predicted molar refractivity (Wildman–Crippen MR) is 105 cm³/mol. The molecule has 0 bridgehead atoms. The van der Waals surface area contributed by atoms with Gasteiger partial charge in [0, 0.05) is 10.2 Å². The van der Waals surface area contributed by atoms with Crippen molar-refractivity contribution in [2.24, 2.45) is 0 Å². The molecule has 0 unspecified atom stereocenters. The molecule has 2 aromatic carbocycles. The quantitative estimate of drug-likeness (QED) is 0.511. The SMILES string of the molecule is CCCCOc1ccc(Br)cc1C(=O)NC(=S)Nc1cccc(F)c1. The topological polar surface area (TPSA) is 50.4 Å². The summed E-state index contributed by atoms with van der Waals surface area (Å²) in [4.78, 5) is 12.5. The Morgan fingerprint density at radius 3 is 2.80 bits per heavy atom. The first-order valence-corrected chi connectivity index (χ1v) is 9.00. The van der Waals surface area contributed by atoms with E-state index in [1.807, 2.05) is 0 Å². The molecule has 0 saturated heterocycles. The monoisotopic (exact) mass is 424 g/mol. The molecule has 0 heterocycles. The van der Waals surface area contributed by atoms with Gasteiger partial charge in [0.05, 0.1) is 12.2 Å². The number of anilines is 1. The van der Waals surface area contributed by atoms with Crippen molar-refractivity contribution in [2.45, 2.75) is 19.8 Å². The van der Waals surface area contributed by atoms with E-state index in [1.54, 1.807) is 30.3 Å². The average Bonchev–Trinajstić information content (AvgIpc) is 2.56. The lowest BCUT2D eigenvalue weighted by atomic mass is 10.2. The number of benzene rings is 2. The molecule has 0 saturated carbocycles. The van der Waals surface area contributed by atoms with Gasteiger partial charge in [-0.05, 0) is 55.0 Å². The highest BCUT2D eigenvalue weighted by Gasteiger charge is 2.15. The average molecular weight is 425 g/mol. The van der Waals surface area contributed by atoms with Crippen molar-refractivity contribution < 1.29 is 13.9 Å². The van der Waals surface area contributed by atoms with Gasteiger partial charge in [0.1, 0.15) is 11.6 Å². The molecular weight excluding hydrogens is 407 g/mol. The molecule has 0 aliphatic heterocycles. The number of ether oxygens (including phenoxy) is 1. The van der Waals surface area contributed by atoms with Gasteiger partial charge in [-0.1, -0.05) is 35.3 Å². The number of unbranched alkanes of at least 4 members (excludes halogenated alkanes) is 1. The van der Waals surface area contributed by atoms with Crippen molar-refractivity contribution in [1.82, 2.24) is 5.32 Å². The van der Waals surface area contributed by atoms with Gasteiger partial charge in [-0.3, -0.25) is 10.1 Å². The van der Waals surface area contributed by atoms with E-state index in [4.69, 9.17) is 17.0 Å². The van der Waals surface area contributed by atoms with E-state index in [2.05, 4.69) is 33.5 Å². The maximum atomic E-state index is 13.2. The maximum absolute atomic E-state index is 13.2. The fourth-order valence-electron chi connectivity index (χ4n) is 2.03. The molecule has 25 heavy (non-hydrogen) atoms. The molecule has 132 valence electrons. The molecule has 0 spiro atoms. The van der Waals surface area contributed by atoms with E-state index in [9.17, 15) is 9.18 Å². The first kappa shape index (κ1) is 19.3. The second-order valence-corrected chi connectivity index (χ2v) is 6.59. The molecule has 4 nitrogen and oxygen atoms in total. The fourth-order valence-corrected chi connectivity index (χ4v) is 2.60. The first-order valence-electron chi connectivity index (χ1n) is 7.80. The molecule has 0 atom stereocenters. The molecular formula is C18H18BrFN2O2S. The number of thiocarbonyl (C=S) groups is 1. The summed E-state index contributed by atoms with van der Waals surface area (Å²) in [6, 6.07) is 11.0. The summed E-state index contributed by atoms with van der Waals surface area (Å²) in [6.45, 7) is 2.60. The highest BCUT2D eigenvalue weighted by molar-refractivity contribution is 9.10. The second-order valence-electron chi connectivity index (χ2n) is 5.26. The number of hydrogen-bond acceptors (Lipinski definition) is 3. The Hall–Kier alpha value is -1.99. The molecule has 0 aromatic heterocycles. The first-order chi connectivity index (χ1) is 12.0. The van der Waals surface area contributed by atoms with Crippen LogP contribution < -0.4 is 15.4 Å². The lowest BCUT2D eigenvalue weighted by molar-refractivity contribution is 0.0973. The molecule has 2 N–H and O–H groups in total. The van der Waals surface area contributed by atoms with Crippen molar-refractivity contribution in [3.8, 4) is 5.75 Å². The van der Waals surface area contributed by atoms with E-state index in [1.165, 1.54) is 12.1 Å². The number of hydrogen-bond donors (Lipinski definition) is 2. The number of amides is 1. The van der Waals surface area contributed by atoms with Gasteiger partial charge in [-0.15, -0.1) is 0 Å². The summed E-state index contributed by atoms with van der Waals surface area (Å²) in [5.41, 5.74) is 0.827. The Balaban J connectivity index is 2.06. The van der Waals surface area contributed by atoms with E-state index >= 15 is 0 Å². The highest BCUT2D eigenvalue weighted by atomic mass is 79.9. The Morgan fingerprint density at radius 2 is 2.08 bits per heavy atom.